The van der Waals surface area contributed by atoms with E-state index in [1.165, 1.54) is 12.1 Å². The Bertz CT molecular complexity index is 297. The van der Waals surface area contributed by atoms with Crippen molar-refractivity contribution in [3.05, 3.63) is 12.1 Å². The normalized spacial score (nSPS) is 10.8. The maximum atomic E-state index is 8.84. The van der Waals surface area contributed by atoms with Crippen LogP contribution in [0.2, 0.25) is 0 Å². The smallest absolute Gasteiger partial charge is 0.284 e. The van der Waals surface area contributed by atoms with Gasteiger partial charge in [0.05, 0.1) is 5.52 Å². The fraction of sp³-hybridized carbons (Fsp3) is 0. The second kappa shape index (κ2) is 1.47. The van der Waals surface area contributed by atoms with Gasteiger partial charge < -0.3 is 19.6 Å². The average Bonchev–Trinajstić information content (AvgIpc) is 2.21. The van der Waals surface area contributed by atoms with Crippen molar-refractivity contribution >= 4 is 11.1 Å². The van der Waals surface area contributed by atoms with Crippen molar-refractivity contribution in [3.8, 4) is 11.8 Å². The number of furan rings is 1. The summed E-state index contributed by atoms with van der Waals surface area (Å²) in [6.45, 7) is 0. The second-order valence-corrected chi connectivity index (χ2v) is 2.02. The Morgan fingerprint density at radius 2 is 2.10 bits per heavy atom. The minimum atomic E-state index is -0.152. The van der Waals surface area contributed by atoms with E-state index >= 15 is 0 Å². The highest BCUT2D eigenvalue weighted by molar-refractivity contribution is 5.76. The first-order chi connectivity index (χ1) is 4.75. The van der Waals surface area contributed by atoms with Gasteiger partial charge in [0.15, 0.2) is 11.5 Å². The van der Waals surface area contributed by atoms with Crippen LogP contribution in [0.5, 0.6) is 11.8 Å². The Morgan fingerprint density at radius 3 is 2.80 bits per heavy atom. The first-order valence-corrected chi connectivity index (χ1v) is 2.76. The summed E-state index contributed by atoms with van der Waals surface area (Å²) in [5.41, 5.74) is 1.05. The maximum Gasteiger partial charge on any atom is 0.284 e. The number of nitrogens with one attached hydrogen (secondary N) is 1. The zero-order valence-electron chi connectivity index (χ0n) is 4.96. The molecular weight excluding hydrogens is 134 g/mol. The van der Waals surface area contributed by atoms with E-state index in [4.69, 9.17) is 14.6 Å². The first kappa shape index (κ1) is 5.22. The summed E-state index contributed by atoms with van der Waals surface area (Å²) >= 11 is 0. The van der Waals surface area contributed by atoms with Gasteiger partial charge in [0.1, 0.15) is 0 Å². The van der Waals surface area contributed by atoms with Crippen molar-refractivity contribution in [1.29, 1.82) is 0 Å². The average molecular weight is 139 g/mol. The van der Waals surface area contributed by atoms with Crippen LogP contribution in [0.25, 0.3) is 11.1 Å². The second-order valence-electron chi connectivity index (χ2n) is 2.02. The topological polar surface area (TPSA) is 69.4 Å². The number of aromatic nitrogens is 1. The molecule has 0 aliphatic carbocycles. The molecule has 0 saturated carbocycles. The van der Waals surface area contributed by atoms with Crippen molar-refractivity contribution in [3.63, 3.8) is 0 Å². The van der Waals surface area contributed by atoms with Crippen molar-refractivity contribution in [2.24, 2.45) is 0 Å². The SMILES string of the molecule is Oc1cc2oc(O)cc2[nH]1. The summed E-state index contributed by atoms with van der Waals surface area (Å²) in [4.78, 5) is 2.58. The van der Waals surface area contributed by atoms with Gasteiger partial charge in [-0.3, -0.25) is 0 Å². The molecule has 0 unspecified atom stereocenters. The molecule has 2 rings (SSSR count). The quantitative estimate of drug-likeness (QED) is 0.513. The summed E-state index contributed by atoms with van der Waals surface area (Å²) in [6.07, 6.45) is 0. The Labute approximate surface area is 55.7 Å². The maximum absolute atomic E-state index is 8.84. The lowest BCUT2D eigenvalue weighted by Gasteiger charge is -1.77. The van der Waals surface area contributed by atoms with Gasteiger partial charge in [0, 0.05) is 12.1 Å². The van der Waals surface area contributed by atoms with Crippen LogP contribution < -0.4 is 0 Å². The molecule has 10 heavy (non-hydrogen) atoms. The third kappa shape index (κ3) is 0.556. The number of rotatable bonds is 0. The Kier molecular flexibility index (Phi) is 0.768. The van der Waals surface area contributed by atoms with Gasteiger partial charge >= 0.3 is 0 Å². The molecule has 0 bridgehead atoms. The van der Waals surface area contributed by atoms with Crippen LogP contribution >= 0.6 is 0 Å². The van der Waals surface area contributed by atoms with Crippen molar-refractivity contribution in [2.45, 2.75) is 0 Å². The molecule has 0 saturated heterocycles. The number of hydrogen-bond acceptors (Lipinski definition) is 3. The molecule has 0 fully saturated rings. The Morgan fingerprint density at radius 1 is 1.30 bits per heavy atom. The van der Waals surface area contributed by atoms with Crippen LogP contribution in [0.1, 0.15) is 0 Å². The molecule has 2 heterocycles. The van der Waals surface area contributed by atoms with Crippen LogP contribution in [0.3, 0.4) is 0 Å². The van der Waals surface area contributed by atoms with E-state index in [1.807, 2.05) is 0 Å². The summed E-state index contributed by atoms with van der Waals surface area (Å²) in [6, 6.07) is 2.80. The van der Waals surface area contributed by atoms with Crippen LogP contribution in [0, 0.1) is 0 Å². The first-order valence-electron chi connectivity index (χ1n) is 2.76. The minimum Gasteiger partial charge on any atom is -0.494 e. The molecule has 0 aliphatic heterocycles. The molecule has 0 atom stereocenters. The number of aromatic hydroxyl groups is 2. The third-order valence-electron chi connectivity index (χ3n) is 1.28. The highest BCUT2D eigenvalue weighted by Crippen LogP contribution is 2.25. The summed E-state index contributed by atoms with van der Waals surface area (Å²) < 4.78 is 4.75. The van der Waals surface area contributed by atoms with E-state index in [-0.39, 0.29) is 11.8 Å². The highest BCUT2D eigenvalue weighted by Gasteiger charge is 2.04. The molecule has 0 amide bonds. The van der Waals surface area contributed by atoms with Gasteiger partial charge in [0.2, 0.25) is 0 Å². The zero-order valence-corrected chi connectivity index (χ0v) is 4.96. The van der Waals surface area contributed by atoms with E-state index in [9.17, 15) is 0 Å². The molecule has 2 aromatic rings. The number of hydrogen-bond donors (Lipinski definition) is 3. The standard InChI is InChI=1S/C6H5NO3/c8-5-2-4-3(7-5)1-6(9)10-4/h1-2,7-9H. The van der Waals surface area contributed by atoms with Gasteiger partial charge in [-0.25, -0.2) is 0 Å². The molecule has 3 N–H and O–H groups in total. The Hall–Kier alpha value is -1.58. The van der Waals surface area contributed by atoms with Crippen LogP contribution in [-0.4, -0.2) is 15.2 Å². The molecule has 2 aromatic heterocycles. The van der Waals surface area contributed by atoms with Crippen molar-refractivity contribution < 1.29 is 14.6 Å². The van der Waals surface area contributed by atoms with Gasteiger partial charge in [-0.15, -0.1) is 0 Å². The summed E-state index contributed by atoms with van der Waals surface area (Å²) in [5.74, 6) is -0.116. The van der Waals surface area contributed by atoms with E-state index in [0.717, 1.165) is 0 Å². The van der Waals surface area contributed by atoms with E-state index in [1.54, 1.807) is 0 Å². The zero-order chi connectivity index (χ0) is 7.14. The predicted molar refractivity (Wildman–Crippen MR) is 33.9 cm³/mol. The minimum absolute atomic E-state index is 0.0359. The fourth-order valence-corrected chi connectivity index (χ4v) is 0.895. The highest BCUT2D eigenvalue weighted by atomic mass is 16.5. The molecule has 0 aliphatic rings. The van der Waals surface area contributed by atoms with Gasteiger partial charge in [-0.05, 0) is 0 Å². The van der Waals surface area contributed by atoms with E-state index in [0.29, 0.717) is 11.1 Å². The van der Waals surface area contributed by atoms with Crippen molar-refractivity contribution in [1.82, 2.24) is 4.98 Å². The summed E-state index contributed by atoms with van der Waals surface area (Å²) in [7, 11) is 0. The molecule has 4 nitrogen and oxygen atoms in total. The molecule has 0 aromatic carbocycles. The Balaban J connectivity index is 2.83. The lowest BCUT2D eigenvalue weighted by atomic mass is 10.5. The van der Waals surface area contributed by atoms with Crippen LogP contribution in [0.4, 0.5) is 0 Å². The van der Waals surface area contributed by atoms with Crippen LogP contribution in [0.15, 0.2) is 16.5 Å². The monoisotopic (exact) mass is 139 g/mol. The third-order valence-corrected chi connectivity index (χ3v) is 1.28. The molecule has 0 spiro atoms. The summed E-state index contributed by atoms with van der Waals surface area (Å²) in [5, 5.41) is 17.6. The van der Waals surface area contributed by atoms with Gasteiger partial charge in [-0.2, -0.15) is 0 Å². The van der Waals surface area contributed by atoms with E-state index < -0.39 is 0 Å². The molecule has 52 valence electrons. The number of H-pyrrole nitrogens is 1. The lowest BCUT2D eigenvalue weighted by Crippen LogP contribution is -1.57. The predicted octanol–water partition coefficient (Wildman–Crippen LogP) is 1.17. The van der Waals surface area contributed by atoms with Gasteiger partial charge in [0.25, 0.3) is 5.95 Å². The van der Waals surface area contributed by atoms with Gasteiger partial charge in [-0.1, -0.05) is 0 Å². The molecular formula is C6H5NO3. The fourth-order valence-electron chi connectivity index (χ4n) is 0.895. The number of fused-ring (bicyclic) bond motifs is 1. The number of aromatic amines is 1. The lowest BCUT2D eigenvalue weighted by molar-refractivity contribution is 0.346. The van der Waals surface area contributed by atoms with E-state index in [2.05, 4.69) is 4.98 Å². The largest absolute Gasteiger partial charge is 0.494 e. The molecule has 0 radical (unpaired) electrons. The van der Waals surface area contributed by atoms with Crippen LogP contribution in [-0.2, 0) is 0 Å². The molecule has 4 heteroatoms. The van der Waals surface area contributed by atoms with Crippen molar-refractivity contribution in [2.75, 3.05) is 0 Å².